The molecule has 208 valence electrons. The second-order valence-corrected chi connectivity index (χ2v) is 10.6. The fourth-order valence-corrected chi connectivity index (χ4v) is 5.38. The summed E-state index contributed by atoms with van der Waals surface area (Å²) >= 11 is 0. The van der Waals surface area contributed by atoms with Gasteiger partial charge in [0.05, 0.1) is 5.56 Å². The van der Waals surface area contributed by atoms with Crippen LogP contribution in [-0.4, -0.2) is 31.4 Å². The second-order valence-electron chi connectivity index (χ2n) is 10.6. The Hall–Kier alpha value is -4.64. The van der Waals surface area contributed by atoms with Crippen LogP contribution in [0.3, 0.4) is 0 Å². The van der Waals surface area contributed by atoms with Crippen molar-refractivity contribution in [3.05, 3.63) is 138 Å². The number of benzene rings is 4. The molecule has 0 bridgehead atoms. The first kappa shape index (κ1) is 27.9. The van der Waals surface area contributed by atoms with Crippen molar-refractivity contribution in [3.8, 4) is 0 Å². The fourth-order valence-electron chi connectivity index (χ4n) is 5.38. The van der Waals surface area contributed by atoms with E-state index in [1.807, 2.05) is 60.7 Å². The lowest BCUT2D eigenvalue weighted by molar-refractivity contribution is -0.111. The van der Waals surface area contributed by atoms with Gasteiger partial charge in [0.2, 0.25) is 5.91 Å². The molecule has 2 amide bonds. The lowest BCUT2D eigenvalue weighted by atomic mass is 9.89. The highest BCUT2D eigenvalue weighted by molar-refractivity contribution is 6.05. The van der Waals surface area contributed by atoms with Gasteiger partial charge < -0.3 is 15.5 Å². The van der Waals surface area contributed by atoms with Crippen molar-refractivity contribution < 1.29 is 9.59 Å². The van der Waals surface area contributed by atoms with Crippen LogP contribution in [0.2, 0.25) is 0 Å². The maximum Gasteiger partial charge on any atom is 0.253 e. The summed E-state index contributed by atoms with van der Waals surface area (Å²) in [6, 6.07) is 36.2. The number of carbonyl (C=O) groups excluding carboxylic acids is 2. The van der Waals surface area contributed by atoms with Gasteiger partial charge in [-0.25, -0.2) is 0 Å². The van der Waals surface area contributed by atoms with E-state index in [1.54, 1.807) is 12.1 Å². The molecule has 1 heterocycles. The first-order valence-electron chi connectivity index (χ1n) is 14.4. The number of carbonyl (C=O) groups is 2. The summed E-state index contributed by atoms with van der Waals surface area (Å²) in [4.78, 5) is 28.5. The number of nitrogens with zero attached hydrogens (tertiary/aromatic N) is 1. The molecule has 1 aliphatic heterocycles. The molecule has 0 radical (unpaired) electrons. The highest BCUT2D eigenvalue weighted by atomic mass is 16.2. The van der Waals surface area contributed by atoms with Gasteiger partial charge in [0, 0.05) is 37.1 Å². The van der Waals surface area contributed by atoms with E-state index in [0.29, 0.717) is 23.7 Å². The van der Waals surface area contributed by atoms with Crippen LogP contribution >= 0.6 is 0 Å². The van der Waals surface area contributed by atoms with Gasteiger partial charge in [0.25, 0.3) is 5.91 Å². The quantitative estimate of drug-likeness (QED) is 0.217. The minimum Gasteiger partial charge on any atom is -0.371 e. The van der Waals surface area contributed by atoms with E-state index in [1.165, 1.54) is 17.2 Å². The van der Waals surface area contributed by atoms with E-state index in [-0.39, 0.29) is 11.8 Å². The molecule has 1 saturated heterocycles. The topological polar surface area (TPSA) is 61.4 Å². The van der Waals surface area contributed by atoms with Crippen molar-refractivity contribution >= 4 is 29.3 Å². The van der Waals surface area contributed by atoms with Gasteiger partial charge in [0.1, 0.15) is 0 Å². The number of amides is 2. The SMILES string of the molecule is O=C(/C=C/c1ccccc1)Nc1ccc(N2CCC(Cc3ccccc3)CC2)c(C(=O)NCCc2ccccc2)c1. The van der Waals surface area contributed by atoms with Crippen LogP contribution in [0.25, 0.3) is 6.08 Å². The molecule has 0 aromatic heterocycles. The summed E-state index contributed by atoms with van der Waals surface area (Å²) in [6.07, 6.45) is 7.29. The van der Waals surface area contributed by atoms with E-state index >= 15 is 0 Å². The molecule has 1 fully saturated rings. The highest BCUT2D eigenvalue weighted by Crippen LogP contribution is 2.30. The molecule has 5 rings (SSSR count). The number of hydrogen-bond acceptors (Lipinski definition) is 3. The van der Waals surface area contributed by atoms with Gasteiger partial charge in [-0.2, -0.15) is 0 Å². The van der Waals surface area contributed by atoms with Crippen molar-refractivity contribution in [2.24, 2.45) is 5.92 Å². The number of hydrogen-bond donors (Lipinski definition) is 2. The second kappa shape index (κ2) is 14.1. The zero-order valence-corrected chi connectivity index (χ0v) is 23.3. The van der Waals surface area contributed by atoms with Crippen LogP contribution in [0.4, 0.5) is 11.4 Å². The van der Waals surface area contributed by atoms with E-state index in [2.05, 4.69) is 58.0 Å². The Morgan fingerprint density at radius 2 is 1.41 bits per heavy atom. The number of nitrogens with one attached hydrogen (secondary N) is 2. The summed E-state index contributed by atoms with van der Waals surface area (Å²) in [7, 11) is 0. The van der Waals surface area contributed by atoms with Crippen LogP contribution in [0.15, 0.2) is 115 Å². The van der Waals surface area contributed by atoms with Crippen molar-refractivity contribution in [3.63, 3.8) is 0 Å². The van der Waals surface area contributed by atoms with E-state index < -0.39 is 0 Å². The lowest BCUT2D eigenvalue weighted by Crippen LogP contribution is -2.36. The molecular formula is C36H37N3O2. The standard InChI is InChI=1S/C36H37N3O2/c40-35(19-16-28-10-4-1-5-11-28)38-32-17-18-34(33(27-32)36(41)37-23-20-29-12-6-2-7-13-29)39-24-21-31(22-25-39)26-30-14-8-3-9-15-30/h1-19,27,31H,20-26H2,(H,37,41)(H,38,40)/b19-16+. The lowest BCUT2D eigenvalue weighted by Gasteiger charge is -2.35. The molecule has 0 aliphatic carbocycles. The summed E-state index contributed by atoms with van der Waals surface area (Å²) in [6.45, 7) is 2.33. The molecule has 2 N–H and O–H groups in total. The predicted molar refractivity (Wildman–Crippen MR) is 168 cm³/mol. The van der Waals surface area contributed by atoms with Crippen molar-refractivity contribution in [2.45, 2.75) is 25.7 Å². The monoisotopic (exact) mass is 543 g/mol. The Labute approximate surface area is 242 Å². The van der Waals surface area contributed by atoms with E-state index in [0.717, 1.165) is 50.0 Å². The van der Waals surface area contributed by atoms with Crippen molar-refractivity contribution in [2.75, 3.05) is 29.9 Å². The first-order valence-corrected chi connectivity index (χ1v) is 14.4. The molecule has 4 aromatic carbocycles. The molecule has 0 unspecified atom stereocenters. The van der Waals surface area contributed by atoms with Gasteiger partial charge in [0.15, 0.2) is 0 Å². The Balaban J connectivity index is 1.28. The predicted octanol–water partition coefficient (Wildman–Crippen LogP) is 6.77. The summed E-state index contributed by atoms with van der Waals surface area (Å²) < 4.78 is 0. The number of rotatable bonds is 10. The largest absolute Gasteiger partial charge is 0.371 e. The smallest absolute Gasteiger partial charge is 0.253 e. The minimum absolute atomic E-state index is 0.127. The van der Waals surface area contributed by atoms with E-state index in [4.69, 9.17) is 0 Å². The zero-order valence-electron chi connectivity index (χ0n) is 23.3. The Morgan fingerprint density at radius 3 is 2.10 bits per heavy atom. The van der Waals surface area contributed by atoms with Crippen LogP contribution in [0, 0.1) is 5.92 Å². The van der Waals surface area contributed by atoms with Gasteiger partial charge in [-0.1, -0.05) is 91.0 Å². The highest BCUT2D eigenvalue weighted by Gasteiger charge is 2.23. The van der Waals surface area contributed by atoms with Gasteiger partial charge in [-0.15, -0.1) is 0 Å². The minimum atomic E-state index is -0.237. The summed E-state index contributed by atoms with van der Waals surface area (Å²) in [5, 5.41) is 6.03. The van der Waals surface area contributed by atoms with Gasteiger partial charge in [-0.3, -0.25) is 9.59 Å². The third-order valence-corrected chi connectivity index (χ3v) is 7.60. The molecule has 0 spiro atoms. The van der Waals surface area contributed by atoms with Gasteiger partial charge in [-0.05, 0) is 72.6 Å². The van der Waals surface area contributed by atoms with E-state index in [9.17, 15) is 9.59 Å². The molecule has 0 atom stereocenters. The van der Waals surface area contributed by atoms with Gasteiger partial charge >= 0.3 is 0 Å². The third-order valence-electron chi connectivity index (χ3n) is 7.60. The molecule has 41 heavy (non-hydrogen) atoms. The number of anilines is 2. The Morgan fingerprint density at radius 1 is 0.780 bits per heavy atom. The van der Waals surface area contributed by atoms with Crippen LogP contribution in [-0.2, 0) is 17.6 Å². The third kappa shape index (κ3) is 8.18. The van der Waals surface area contributed by atoms with Crippen LogP contribution < -0.4 is 15.5 Å². The summed E-state index contributed by atoms with van der Waals surface area (Å²) in [5.41, 5.74) is 5.61. The molecule has 1 aliphatic rings. The maximum atomic E-state index is 13.5. The average Bonchev–Trinajstić information content (AvgIpc) is 3.02. The number of piperidine rings is 1. The van der Waals surface area contributed by atoms with Crippen molar-refractivity contribution in [1.29, 1.82) is 0 Å². The average molecular weight is 544 g/mol. The molecule has 5 nitrogen and oxygen atoms in total. The first-order chi connectivity index (χ1) is 20.1. The van der Waals surface area contributed by atoms with Crippen LogP contribution in [0.5, 0.6) is 0 Å². The Kier molecular flexibility index (Phi) is 9.62. The fraction of sp³-hybridized carbons (Fsp3) is 0.222. The summed E-state index contributed by atoms with van der Waals surface area (Å²) in [5.74, 6) is 0.267. The molecule has 4 aromatic rings. The maximum absolute atomic E-state index is 13.5. The van der Waals surface area contributed by atoms with Crippen LogP contribution in [0.1, 0.15) is 39.9 Å². The molecule has 0 saturated carbocycles. The molecule has 5 heteroatoms. The van der Waals surface area contributed by atoms with Crippen molar-refractivity contribution in [1.82, 2.24) is 5.32 Å². The normalized spacial score (nSPS) is 13.7. The Bertz CT molecular complexity index is 1440. The zero-order chi connectivity index (χ0) is 28.3. The molecular weight excluding hydrogens is 506 g/mol.